The number of aliphatic hydroxyl groups is 2. The van der Waals surface area contributed by atoms with Gasteiger partial charge < -0.3 is 10.2 Å². The van der Waals surface area contributed by atoms with Crippen LogP contribution in [0.5, 0.6) is 0 Å². The highest BCUT2D eigenvalue weighted by Gasteiger charge is 2.74. The van der Waals surface area contributed by atoms with Gasteiger partial charge in [0.25, 0.3) is 0 Å². The SMILES string of the molecule is C=C(C)C1CCC2(C)CCC3(C)C(C)(CCC4C5(C)C(O)CC(O)C(C)(C)C5CCC43C)C12. The molecule has 2 heteroatoms. The van der Waals surface area contributed by atoms with Gasteiger partial charge in [-0.05, 0) is 109 Å². The van der Waals surface area contributed by atoms with Gasteiger partial charge in [0.1, 0.15) is 0 Å². The number of aliphatic hydroxyl groups excluding tert-OH is 2. The summed E-state index contributed by atoms with van der Waals surface area (Å²) in [6.45, 7) is 24.3. The molecule has 5 aliphatic rings. The largest absolute Gasteiger partial charge is 0.392 e. The van der Waals surface area contributed by atoms with Crippen molar-refractivity contribution >= 4 is 0 Å². The first-order valence-electron chi connectivity index (χ1n) is 14.1. The van der Waals surface area contributed by atoms with E-state index in [9.17, 15) is 10.2 Å². The van der Waals surface area contributed by atoms with Crippen LogP contribution >= 0.6 is 0 Å². The van der Waals surface area contributed by atoms with E-state index in [0.717, 1.165) is 12.3 Å². The fraction of sp³-hybridized carbons (Fsp3) is 0.935. The molecule has 0 aromatic heterocycles. The van der Waals surface area contributed by atoms with Crippen molar-refractivity contribution in [2.75, 3.05) is 0 Å². The third-order valence-electron chi connectivity index (χ3n) is 14.3. The van der Waals surface area contributed by atoms with E-state index in [1.807, 2.05) is 0 Å². The Morgan fingerprint density at radius 2 is 1.33 bits per heavy atom. The third-order valence-corrected chi connectivity index (χ3v) is 14.3. The van der Waals surface area contributed by atoms with Crippen LogP contribution in [-0.4, -0.2) is 22.4 Å². The maximum atomic E-state index is 11.6. The fourth-order valence-electron chi connectivity index (χ4n) is 12.1. The Morgan fingerprint density at radius 3 is 1.97 bits per heavy atom. The van der Waals surface area contributed by atoms with Crippen molar-refractivity contribution in [2.45, 2.75) is 125 Å². The molecule has 0 amide bonds. The minimum atomic E-state index is -0.399. The second-order valence-corrected chi connectivity index (χ2v) is 15.4. The highest BCUT2D eigenvalue weighted by atomic mass is 16.3. The average molecular weight is 457 g/mol. The zero-order valence-corrected chi connectivity index (χ0v) is 22.9. The molecule has 5 aliphatic carbocycles. The van der Waals surface area contributed by atoms with Crippen LogP contribution in [0, 0.1) is 56.2 Å². The maximum Gasteiger partial charge on any atom is 0.0624 e. The molecule has 5 fully saturated rings. The fourth-order valence-corrected chi connectivity index (χ4v) is 12.1. The molecule has 188 valence electrons. The Hall–Kier alpha value is -0.340. The van der Waals surface area contributed by atoms with E-state index < -0.39 is 12.2 Å². The maximum absolute atomic E-state index is 11.6. The van der Waals surface area contributed by atoms with Crippen molar-refractivity contribution in [1.29, 1.82) is 0 Å². The first-order valence-corrected chi connectivity index (χ1v) is 14.1. The summed E-state index contributed by atoms with van der Waals surface area (Å²) < 4.78 is 0. The summed E-state index contributed by atoms with van der Waals surface area (Å²) in [6, 6.07) is 0. The van der Waals surface area contributed by atoms with E-state index in [1.165, 1.54) is 50.5 Å². The van der Waals surface area contributed by atoms with E-state index in [4.69, 9.17) is 0 Å². The number of fused-ring (bicyclic) bond motifs is 7. The summed E-state index contributed by atoms with van der Waals surface area (Å²) in [5.41, 5.74) is 2.47. The van der Waals surface area contributed by atoms with Gasteiger partial charge >= 0.3 is 0 Å². The summed E-state index contributed by atoms with van der Waals surface area (Å²) in [5.74, 6) is 2.32. The van der Waals surface area contributed by atoms with Gasteiger partial charge in [0, 0.05) is 11.8 Å². The van der Waals surface area contributed by atoms with Gasteiger partial charge in [-0.25, -0.2) is 0 Å². The molecule has 0 aromatic rings. The Morgan fingerprint density at radius 1 is 0.727 bits per heavy atom. The second kappa shape index (κ2) is 6.90. The van der Waals surface area contributed by atoms with Gasteiger partial charge in [0.2, 0.25) is 0 Å². The van der Waals surface area contributed by atoms with Gasteiger partial charge in [-0.15, -0.1) is 0 Å². The number of rotatable bonds is 1. The quantitative estimate of drug-likeness (QED) is 0.404. The van der Waals surface area contributed by atoms with E-state index in [1.54, 1.807) is 0 Å². The molecule has 0 heterocycles. The van der Waals surface area contributed by atoms with Crippen molar-refractivity contribution in [3.8, 4) is 0 Å². The lowest BCUT2D eigenvalue weighted by Crippen LogP contribution is -2.71. The Labute approximate surface area is 204 Å². The van der Waals surface area contributed by atoms with E-state index in [0.29, 0.717) is 35.0 Å². The lowest BCUT2D eigenvalue weighted by Gasteiger charge is -2.76. The minimum absolute atomic E-state index is 0.107. The minimum Gasteiger partial charge on any atom is -0.392 e. The van der Waals surface area contributed by atoms with Crippen LogP contribution in [0.15, 0.2) is 12.2 Å². The number of allylic oxidation sites excluding steroid dienone is 1. The van der Waals surface area contributed by atoms with Gasteiger partial charge in [-0.2, -0.15) is 0 Å². The van der Waals surface area contributed by atoms with Crippen LogP contribution < -0.4 is 0 Å². The second-order valence-electron chi connectivity index (χ2n) is 15.4. The molecule has 0 aliphatic heterocycles. The molecule has 0 bridgehead atoms. The molecule has 5 rings (SSSR count). The summed E-state index contributed by atoms with van der Waals surface area (Å²) >= 11 is 0. The van der Waals surface area contributed by atoms with Crippen LogP contribution in [0.3, 0.4) is 0 Å². The van der Waals surface area contributed by atoms with Gasteiger partial charge in [-0.1, -0.05) is 60.6 Å². The Balaban J connectivity index is 1.61. The molecular formula is C31H52O2. The average Bonchev–Trinajstić information content (AvgIpc) is 3.08. The number of hydrogen-bond acceptors (Lipinski definition) is 2. The smallest absolute Gasteiger partial charge is 0.0624 e. The molecule has 11 atom stereocenters. The van der Waals surface area contributed by atoms with Crippen molar-refractivity contribution in [3.05, 3.63) is 12.2 Å². The highest BCUT2D eigenvalue weighted by molar-refractivity contribution is 5.25. The summed E-state index contributed by atoms with van der Waals surface area (Å²) in [4.78, 5) is 0. The molecule has 0 aromatic carbocycles. The standard InChI is InChI=1S/C31H52O2/c1-19(2)20-10-13-27(5)16-17-30(8)28(6)14-11-21-26(3,4)23(32)18-24(33)31(21,9)22(28)12-15-29(30,7)25(20)27/h20-25,32-33H,1,10-18H2,2-9H3. The zero-order chi connectivity index (χ0) is 24.4. The molecule has 33 heavy (non-hydrogen) atoms. The summed E-state index contributed by atoms with van der Waals surface area (Å²) in [6.07, 6.45) is 10.0. The Kier molecular flexibility index (Phi) is 5.10. The summed E-state index contributed by atoms with van der Waals surface area (Å²) in [5, 5.41) is 22.5. The zero-order valence-electron chi connectivity index (χ0n) is 22.9. The molecule has 2 nitrogen and oxygen atoms in total. The monoisotopic (exact) mass is 456 g/mol. The summed E-state index contributed by atoms with van der Waals surface area (Å²) in [7, 11) is 0. The lowest BCUT2D eigenvalue weighted by molar-refractivity contribution is -0.295. The predicted molar refractivity (Wildman–Crippen MR) is 137 cm³/mol. The first kappa shape index (κ1) is 24.4. The molecule has 5 saturated carbocycles. The molecule has 0 radical (unpaired) electrons. The molecular weight excluding hydrogens is 404 g/mol. The van der Waals surface area contributed by atoms with Crippen molar-refractivity contribution in [2.24, 2.45) is 56.2 Å². The number of hydrogen-bond donors (Lipinski definition) is 2. The highest BCUT2D eigenvalue weighted by Crippen LogP contribution is 2.81. The van der Waals surface area contributed by atoms with Gasteiger partial charge in [-0.3, -0.25) is 0 Å². The topological polar surface area (TPSA) is 40.5 Å². The van der Waals surface area contributed by atoms with E-state index >= 15 is 0 Å². The van der Waals surface area contributed by atoms with Crippen LogP contribution in [0.25, 0.3) is 0 Å². The normalized spacial score (nSPS) is 59.7. The van der Waals surface area contributed by atoms with Crippen LogP contribution in [-0.2, 0) is 0 Å². The molecule has 2 N–H and O–H groups in total. The molecule has 11 unspecified atom stereocenters. The third kappa shape index (κ3) is 2.64. The molecule has 0 spiro atoms. The van der Waals surface area contributed by atoms with Crippen LogP contribution in [0.4, 0.5) is 0 Å². The first-order chi connectivity index (χ1) is 15.1. The molecule has 0 saturated heterocycles. The van der Waals surface area contributed by atoms with E-state index in [2.05, 4.69) is 62.0 Å². The lowest BCUT2D eigenvalue weighted by atomic mass is 9.28. The Bertz CT molecular complexity index is 846. The van der Waals surface area contributed by atoms with Gasteiger partial charge in [0.05, 0.1) is 12.2 Å². The van der Waals surface area contributed by atoms with Gasteiger partial charge in [0.15, 0.2) is 0 Å². The van der Waals surface area contributed by atoms with Crippen molar-refractivity contribution in [1.82, 2.24) is 0 Å². The van der Waals surface area contributed by atoms with Crippen LogP contribution in [0.2, 0.25) is 0 Å². The van der Waals surface area contributed by atoms with E-state index in [-0.39, 0.29) is 21.7 Å². The van der Waals surface area contributed by atoms with Crippen LogP contribution in [0.1, 0.15) is 113 Å². The predicted octanol–water partition coefficient (Wildman–Crippen LogP) is 7.39. The van der Waals surface area contributed by atoms with Crippen molar-refractivity contribution < 1.29 is 10.2 Å². The van der Waals surface area contributed by atoms with Crippen molar-refractivity contribution in [3.63, 3.8) is 0 Å².